The van der Waals surface area contributed by atoms with Crippen molar-refractivity contribution in [2.24, 2.45) is 0 Å². The molecule has 0 saturated carbocycles. The maximum absolute atomic E-state index is 9.59. The molecule has 3 heteroatoms. The molecule has 0 radical (unpaired) electrons. The van der Waals surface area contributed by atoms with E-state index in [1.165, 1.54) is 0 Å². The summed E-state index contributed by atoms with van der Waals surface area (Å²) < 4.78 is 0. The van der Waals surface area contributed by atoms with E-state index in [1.807, 2.05) is 20.9 Å². The van der Waals surface area contributed by atoms with Crippen LogP contribution in [0, 0.1) is 0 Å². The van der Waals surface area contributed by atoms with E-state index in [4.69, 9.17) is 0 Å². The molecule has 2 N–H and O–H groups in total. The summed E-state index contributed by atoms with van der Waals surface area (Å²) in [7, 11) is 2.00. The molecule has 0 aromatic rings. The molecule has 0 bridgehead atoms. The Balaban J connectivity index is 3.71. The predicted molar refractivity (Wildman–Crippen MR) is 61.5 cm³/mol. The summed E-state index contributed by atoms with van der Waals surface area (Å²) in [5, 5.41) is 12.8. The van der Waals surface area contributed by atoms with Gasteiger partial charge in [-0.15, -0.1) is 0 Å². The first-order valence-corrected chi connectivity index (χ1v) is 5.13. The van der Waals surface area contributed by atoms with E-state index in [0.717, 1.165) is 25.2 Å². The van der Waals surface area contributed by atoms with Crippen LogP contribution in [0.25, 0.3) is 0 Å². The fourth-order valence-corrected chi connectivity index (χ4v) is 1.46. The third kappa shape index (κ3) is 8.23. The lowest BCUT2D eigenvalue weighted by Gasteiger charge is -2.26. The Morgan fingerprint density at radius 3 is 2.50 bits per heavy atom. The number of hydrogen-bond donors (Lipinski definition) is 2. The summed E-state index contributed by atoms with van der Waals surface area (Å²) in [5.74, 6) is 0. The molecule has 0 aliphatic carbocycles. The minimum Gasteiger partial charge on any atom is -0.389 e. The molecule has 3 nitrogen and oxygen atoms in total. The second-order valence-corrected chi connectivity index (χ2v) is 4.52. The van der Waals surface area contributed by atoms with Crippen LogP contribution in [0.1, 0.15) is 20.8 Å². The Labute approximate surface area is 87.8 Å². The van der Waals surface area contributed by atoms with Gasteiger partial charge in [0.15, 0.2) is 0 Å². The van der Waals surface area contributed by atoms with Gasteiger partial charge < -0.3 is 10.4 Å². The Kier molecular flexibility index (Phi) is 6.00. The third-order valence-corrected chi connectivity index (χ3v) is 1.78. The minimum atomic E-state index is -0.632. The quantitative estimate of drug-likeness (QED) is 0.598. The fourth-order valence-electron chi connectivity index (χ4n) is 1.46. The van der Waals surface area contributed by atoms with Crippen molar-refractivity contribution in [2.45, 2.75) is 26.4 Å². The zero-order valence-corrected chi connectivity index (χ0v) is 9.93. The molecule has 84 valence electrons. The van der Waals surface area contributed by atoms with Gasteiger partial charge in [-0.2, -0.15) is 0 Å². The summed E-state index contributed by atoms with van der Waals surface area (Å²) in [5.41, 5.74) is 0.520. The normalized spacial score (nSPS) is 12.1. The summed E-state index contributed by atoms with van der Waals surface area (Å²) in [6, 6.07) is 0. The third-order valence-electron chi connectivity index (χ3n) is 1.78. The van der Waals surface area contributed by atoms with E-state index < -0.39 is 5.60 Å². The number of likely N-dealkylation sites (N-methyl/N-ethyl adjacent to an activating group) is 2. The average molecular weight is 200 g/mol. The van der Waals surface area contributed by atoms with E-state index in [0.29, 0.717) is 6.54 Å². The second kappa shape index (κ2) is 6.17. The fraction of sp³-hybridized carbons (Fsp3) is 0.818. The summed E-state index contributed by atoms with van der Waals surface area (Å²) >= 11 is 0. The van der Waals surface area contributed by atoms with Gasteiger partial charge >= 0.3 is 0 Å². The van der Waals surface area contributed by atoms with E-state index >= 15 is 0 Å². The molecular weight excluding hydrogens is 176 g/mol. The van der Waals surface area contributed by atoms with E-state index in [-0.39, 0.29) is 0 Å². The maximum atomic E-state index is 9.59. The monoisotopic (exact) mass is 200 g/mol. The van der Waals surface area contributed by atoms with Gasteiger partial charge in [0, 0.05) is 19.6 Å². The van der Waals surface area contributed by atoms with Crippen LogP contribution in [0.3, 0.4) is 0 Å². The highest BCUT2D eigenvalue weighted by molar-refractivity contribution is 4.99. The number of aliphatic hydroxyl groups is 1. The lowest BCUT2D eigenvalue weighted by atomic mass is 10.1. The zero-order chi connectivity index (χ0) is 11.2. The predicted octanol–water partition coefficient (Wildman–Crippen LogP) is 0.855. The topological polar surface area (TPSA) is 35.5 Å². The molecular formula is C11H24N2O. The van der Waals surface area contributed by atoms with Crippen molar-refractivity contribution in [3.8, 4) is 0 Å². The molecule has 14 heavy (non-hydrogen) atoms. The van der Waals surface area contributed by atoms with Crippen molar-refractivity contribution in [3.63, 3.8) is 0 Å². The van der Waals surface area contributed by atoms with Gasteiger partial charge in [-0.25, -0.2) is 0 Å². The Bertz CT molecular complexity index is 173. The smallest absolute Gasteiger partial charge is 0.0718 e. The van der Waals surface area contributed by atoms with Crippen LogP contribution in [-0.4, -0.2) is 48.8 Å². The Hall–Kier alpha value is -0.380. The van der Waals surface area contributed by atoms with Gasteiger partial charge in [0.25, 0.3) is 0 Å². The van der Waals surface area contributed by atoms with E-state index in [9.17, 15) is 5.11 Å². The molecule has 0 heterocycles. The minimum absolute atomic E-state index is 0.632. The highest BCUT2D eigenvalue weighted by Gasteiger charge is 2.15. The molecule has 0 atom stereocenters. The molecule has 0 fully saturated rings. The Morgan fingerprint density at radius 2 is 2.07 bits per heavy atom. The molecule has 0 rings (SSSR count). The maximum Gasteiger partial charge on any atom is 0.0718 e. The van der Waals surface area contributed by atoms with Gasteiger partial charge in [-0.3, -0.25) is 4.90 Å². The van der Waals surface area contributed by atoms with Crippen molar-refractivity contribution in [3.05, 3.63) is 12.2 Å². The van der Waals surface area contributed by atoms with Gasteiger partial charge in [0.1, 0.15) is 0 Å². The van der Waals surface area contributed by atoms with Crippen molar-refractivity contribution >= 4 is 0 Å². The van der Waals surface area contributed by atoms with Crippen molar-refractivity contribution in [1.82, 2.24) is 10.2 Å². The van der Waals surface area contributed by atoms with Crippen LogP contribution in [0.5, 0.6) is 0 Å². The van der Waals surface area contributed by atoms with Crippen molar-refractivity contribution in [1.29, 1.82) is 0 Å². The molecule has 0 aliphatic heterocycles. The number of rotatable bonds is 7. The van der Waals surface area contributed by atoms with Crippen LogP contribution in [0.2, 0.25) is 0 Å². The molecule has 0 aromatic heterocycles. The number of nitrogens with one attached hydrogen (secondary N) is 1. The number of nitrogens with zero attached hydrogens (tertiary/aromatic N) is 1. The summed E-state index contributed by atoms with van der Waals surface area (Å²) in [6.07, 6.45) is 0. The first-order chi connectivity index (χ1) is 6.35. The number of hydrogen-bond acceptors (Lipinski definition) is 3. The van der Waals surface area contributed by atoms with Crippen LogP contribution in [-0.2, 0) is 0 Å². The van der Waals surface area contributed by atoms with E-state index in [1.54, 1.807) is 0 Å². The summed E-state index contributed by atoms with van der Waals surface area (Å²) in [6.45, 7) is 13.0. The largest absolute Gasteiger partial charge is 0.389 e. The van der Waals surface area contributed by atoms with Crippen LogP contribution < -0.4 is 5.32 Å². The lowest BCUT2D eigenvalue weighted by molar-refractivity contribution is 0.0472. The molecule has 0 spiro atoms. The van der Waals surface area contributed by atoms with Crippen molar-refractivity contribution in [2.75, 3.05) is 33.2 Å². The van der Waals surface area contributed by atoms with Gasteiger partial charge in [-0.1, -0.05) is 13.5 Å². The molecule has 0 amide bonds. The second-order valence-electron chi connectivity index (χ2n) is 4.52. The van der Waals surface area contributed by atoms with Crippen molar-refractivity contribution < 1.29 is 5.11 Å². The van der Waals surface area contributed by atoms with Gasteiger partial charge in [0.05, 0.1) is 5.60 Å². The van der Waals surface area contributed by atoms with Crippen LogP contribution in [0.4, 0.5) is 0 Å². The highest BCUT2D eigenvalue weighted by Crippen LogP contribution is 2.04. The lowest BCUT2D eigenvalue weighted by Crippen LogP contribution is -2.38. The highest BCUT2D eigenvalue weighted by atomic mass is 16.3. The van der Waals surface area contributed by atoms with Crippen LogP contribution in [0.15, 0.2) is 12.2 Å². The SMILES string of the molecule is C=C(CNCC)CN(C)CC(C)(C)O. The van der Waals surface area contributed by atoms with Gasteiger partial charge in [0.2, 0.25) is 0 Å². The molecule has 0 aromatic carbocycles. The molecule has 0 saturated heterocycles. The van der Waals surface area contributed by atoms with Gasteiger partial charge in [-0.05, 0) is 33.0 Å². The standard InChI is InChI=1S/C11H24N2O/c1-6-12-7-10(2)8-13(5)9-11(3,4)14/h12,14H,2,6-9H2,1,3-5H3. The first-order valence-electron chi connectivity index (χ1n) is 5.13. The summed E-state index contributed by atoms with van der Waals surface area (Å²) in [4.78, 5) is 2.08. The Morgan fingerprint density at radius 1 is 1.50 bits per heavy atom. The van der Waals surface area contributed by atoms with E-state index in [2.05, 4.69) is 23.7 Å². The van der Waals surface area contributed by atoms with Crippen LogP contribution >= 0.6 is 0 Å². The molecule has 0 unspecified atom stereocenters. The first kappa shape index (κ1) is 13.6. The average Bonchev–Trinajstić information content (AvgIpc) is 1.96. The molecule has 0 aliphatic rings. The zero-order valence-electron chi connectivity index (χ0n) is 9.93.